The van der Waals surface area contributed by atoms with Crippen LogP contribution < -0.4 is 28.1 Å². The maximum Gasteiger partial charge on any atom is -1.00 e. The summed E-state index contributed by atoms with van der Waals surface area (Å²) in [6.45, 7) is 0.265. The molecule has 0 bridgehead atoms. The van der Waals surface area contributed by atoms with Gasteiger partial charge in [0.25, 0.3) is 0 Å². The third-order valence-electron chi connectivity index (χ3n) is 4.55. The van der Waals surface area contributed by atoms with Crippen molar-refractivity contribution in [2.45, 2.75) is 19.3 Å². The van der Waals surface area contributed by atoms with Crippen molar-refractivity contribution in [3.63, 3.8) is 0 Å². The molecule has 0 radical (unpaired) electrons. The largest absolute Gasteiger partial charge is 1.00 e. The number of fused-ring (bicyclic) bond motifs is 3. The van der Waals surface area contributed by atoms with E-state index in [-0.39, 0.29) is 31.4 Å². The molecule has 0 fully saturated rings. The van der Waals surface area contributed by atoms with Gasteiger partial charge in [0.1, 0.15) is 0 Å². The van der Waals surface area contributed by atoms with Gasteiger partial charge < -0.3 is 24.8 Å². The summed E-state index contributed by atoms with van der Waals surface area (Å²) in [6, 6.07) is 15.7. The Labute approximate surface area is 167 Å². The van der Waals surface area contributed by atoms with Crippen LogP contribution in [0.2, 0.25) is 0 Å². The smallest absolute Gasteiger partial charge is 1.00 e. The first-order chi connectivity index (χ1) is 10.9. The Bertz CT molecular complexity index is 796. The maximum atomic E-state index is 9.23. The van der Waals surface area contributed by atoms with E-state index in [4.69, 9.17) is 0 Å². The molecule has 0 aromatic heterocycles. The molecule has 1 nitrogen and oxygen atoms in total. The zero-order valence-corrected chi connectivity index (χ0v) is 17.2. The molecule has 122 valence electrons. The first-order valence-corrected chi connectivity index (χ1v) is 10.3. The second kappa shape index (κ2) is 8.63. The van der Waals surface area contributed by atoms with Crippen LogP contribution in [0.25, 0.3) is 11.1 Å². The minimum Gasteiger partial charge on any atom is -1.00 e. The van der Waals surface area contributed by atoms with Crippen LogP contribution >= 0.6 is 0 Å². The molecule has 0 saturated carbocycles. The fourth-order valence-corrected chi connectivity index (χ4v) is 7.08. The molecule has 2 aliphatic carbocycles. The quantitative estimate of drug-likeness (QED) is 0.483. The van der Waals surface area contributed by atoms with Crippen molar-refractivity contribution < 1.29 is 53.2 Å². The summed E-state index contributed by atoms with van der Waals surface area (Å²) < 4.78 is 3.26. The molecule has 4 rings (SSSR count). The van der Waals surface area contributed by atoms with Crippen LogP contribution in [-0.2, 0) is 29.7 Å². The maximum absolute atomic E-state index is 9.23. The standard InChI is InChI=1S/C13H9.C7H9O.2ClH.Zr/c1-3-7-12-10(5-1)9-11-6-2-4-8-13(11)12;8-6-5-7-3-1-2-4-7;;;/h1-5,7-8H,9H2;1,3,8H,2,5-6H2;2*1H;/q;;;;+2/p-2. The average Bonchev–Trinajstić information content (AvgIpc) is 3.13. The molecule has 2 aromatic carbocycles. The van der Waals surface area contributed by atoms with Crippen LogP contribution in [0.1, 0.15) is 24.0 Å². The first kappa shape index (κ1) is 19.7. The predicted molar refractivity (Wildman–Crippen MR) is 86.8 cm³/mol. The Kier molecular flexibility index (Phi) is 7.07. The van der Waals surface area contributed by atoms with E-state index in [0.717, 1.165) is 19.3 Å². The average molecular weight is 436 g/mol. The summed E-state index contributed by atoms with van der Waals surface area (Å²) in [7, 11) is 0. The second-order valence-corrected chi connectivity index (χ2v) is 9.30. The summed E-state index contributed by atoms with van der Waals surface area (Å²) in [5.41, 5.74) is 7.32. The van der Waals surface area contributed by atoms with E-state index < -0.39 is 23.2 Å². The summed E-state index contributed by atoms with van der Waals surface area (Å²) in [5.74, 6) is 0. The van der Waals surface area contributed by atoms with E-state index in [2.05, 4.69) is 54.6 Å². The van der Waals surface area contributed by atoms with E-state index in [0.29, 0.717) is 0 Å². The van der Waals surface area contributed by atoms with Gasteiger partial charge in [0.05, 0.1) is 0 Å². The van der Waals surface area contributed by atoms with Gasteiger partial charge in [0.2, 0.25) is 0 Å². The Morgan fingerprint density at radius 2 is 1.75 bits per heavy atom. The van der Waals surface area contributed by atoms with Gasteiger partial charge in [-0.15, -0.1) is 0 Å². The summed E-state index contributed by atoms with van der Waals surface area (Å²) >= 11 is -0.757. The van der Waals surface area contributed by atoms with Crippen LogP contribution in [0.4, 0.5) is 0 Å². The molecule has 0 heterocycles. The van der Waals surface area contributed by atoms with Crippen LogP contribution in [0.3, 0.4) is 0 Å². The molecule has 24 heavy (non-hydrogen) atoms. The van der Waals surface area contributed by atoms with Gasteiger partial charge in [-0.2, -0.15) is 0 Å². The van der Waals surface area contributed by atoms with Gasteiger partial charge in [-0.05, 0) is 0 Å². The van der Waals surface area contributed by atoms with Crippen molar-refractivity contribution in [2.75, 3.05) is 6.61 Å². The van der Waals surface area contributed by atoms with E-state index in [1.807, 2.05) is 0 Å². The van der Waals surface area contributed by atoms with Crippen molar-refractivity contribution >= 4 is 3.27 Å². The zero-order chi connectivity index (χ0) is 14.9. The predicted octanol–water partition coefficient (Wildman–Crippen LogP) is -2.43. The minimum absolute atomic E-state index is 0. The van der Waals surface area contributed by atoms with E-state index in [9.17, 15) is 5.11 Å². The Morgan fingerprint density at radius 3 is 2.58 bits per heavy atom. The summed E-state index contributed by atoms with van der Waals surface area (Å²) in [6.07, 6.45) is 7.52. The normalized spacial score (nSPS) is 13.7. The van der Waals surface area contributed by atoms with Gasteiger partial charge in [0, 0.05) is 0 Å². The van der Waals surface area contributed by atoms with Crippen molar-refractivity contribution in [2.24, 2.45) is 0 Å². The van der Waals surface area contributed by atoms with Crippen LogP contribution in [0.15, 0.2) is 63.5 Å². The molecule has 2 aliphatic rings. The fourth-order valence-electron chi connectivity index (χ4n) is 3.47. The molecule has 1 N–H and O–H groups in total. The van der Waals surface area contributed by atoms with Crippen LogP contribution in [0.5, 0.6) is 0 Å². The van der Waals surface area contributed by atoms with Crippen molar-refractivity contribution in [3.8, 4) is 11.1 Å². The number of allylic oxidation sites excluding steroid dienone is 3. The first-order valence-electron chi connectivity index (χ1n) is 7.83. The van der Waals surface area contributed by atoms with Crippen molar-refractivity contribution in [1.82, 2.24) is 0 Å². The Morgan fingerprint density at radius 1 is 0.958 bits per heavy atom. The molecule has 0 saturated heterocycles. The molecule has 4 heteroatoms. The van der Waals surface area contributed by atoms with E-state index >= 15 is 0 Å². The van der Waals surface area contributed by atoms with E-state index in [1.165, 1.54) is 22.3 Å². The second-order valence-electron chi connectivity index (χ2n) is 5.87. The number of benzene rings is 2. The Balaban J connectivity index is 0.00000104. The van der Waals surface area contributed by atoms with Crippen LogP contribution in [-0.4, -0.2) is 11.7 Å². The number of hydrogen-bond donors (Lipinski definition) is 1. The SMILES string of the molecule is OCCC1=[C]([Zr+2][c]2cccc3c2Cc2ccccc2-3)CC=C1.[Cl-].[Cl-]. The molecule has 0 unspecified atom stereocenters. The molecule has 0 amide bonds. The number of rotatable bonds is 4. The fraction of sp³-hybridized carbons (Fsp3) is 0.200. The van der Waals surface area contributed by atoms with Crippen LogP contribution in [0, 0.1) is 0 Å². The van der Waals surface area contributed by atoms with Crippen molar-refractivity contribution in [3.05, 3.63) is 74.6 Å². The third kappa shape index (κ3) is 3.63. The van der Waals surface area contributed by atoms with Gasteiger partial charge >= 0.3 is 143 Å². The van der Waals surface area contributed by atoms with Gasteiger partial charge in [0.15, 0.2) is 0 Å². The van der Waals surface area contributed by atoms with Gasteiger partial charge in [-0.25, -0.2) is 0 Å². The molecule has 2 aromatic rings. The zero-order valence-electron chi connectivity index (χ0n) is 13.2. The number of hydrogen-bond acceptors (Lipinski definition) is 1. The summed E-state index contributed by atoms with van der Waals surface area (Å²) in [5, 5.41) is 9.23. The number of aliphatic hydroxyl groups is 1. The van der Waals surface area contributed by atoms with E-state index in [1.54, 1.807) is 12.1 Å². The molecule has 0 aliphatic heterocycles. The van der Waals surface area contributed by atoms with Gasteiger partial charge in [-0.1, -0.05) is 0 Å². The van der Waals surface area contributed by atoms with Crippen molar-refractivity contribution in [1.29, 1.82) is 0 Å². The third-order valence-corrected chi connectivity index (χ3v) is 8.39. The topological polar surface area (TPSA) is 20.2 Å². The van der Waals surface area contributed by atoms with Gasteiger partial charge in [-0.3, -0.25) is 0 Å². The Hall–Kier alpha value is -0.657. The minimum atomic E-state index is -0.757. The molecule has 0 spiro atoms. The number of halogens is 2. The summed E-state index contributed by atoms with van der Waals surface area (Å²) in [4.78, 5) is 0. The monoisotopic (exact) mass is 434 g/mol. The molecular weight excluding hydrogens is 418 g/mol. The molecular formula is C20H18Cl2OZr. The molecule has 0 atom stereocenters. The number of aliphatic hydroxyl groups excluding tert-OH is 1.